The molecule has 0 aromatic heterocycles. The molecule has 0 heterocycles. The van der Waals surface area contributed by atoms with Gasteiger partial charge in [0.05, 0.1) is 24.3 Å². The summed E-state index contributed by atoms with van der Waals surface area (Å²) in [5.41, 5.74) is 1.60. The number of ether oxygens (including phenoxy) is 1. The largest absolute Gasteiger partial charge is 0.495 e. The first kappa shape index (κ1) is 18.4. The van der Waals surface area contributed by atoms with Crippen LogP contribution in [0.4, 0.5) is 11.4 Å². The Morgan fingerprint density at radius 1 is 1.20 bits per heavy atom. The van der Waals surface area contributed by atoms with Crippen molar-refractivity contribution < 1.29 is 14.5 Å². The molecule has 25 heavy (non-hydrogen) atoms. The number of non-ortho nitro benzene ring substituents is 1. The number of nitrogens with one attached hydrogen (secondary N) is 1. The fourth-order valence-electron chi connectivity index (χ4n) is 2.40. The normalized spacial score (nSPS) is 10.5. The second-order valence-electron chi connectivity index (χ2n) is 5.48. The fraction of sp³-hybridized carbons (Fsp3) is 0.278. The number of carbonyl (C=O) groups is 1. The van der Waals surface area contributed by atoms with Gasteiger partial charge in [-0.15, -0.1) is 0 Å². The van der Waals surface area contributed by atoms with Gasteiger partial charge < -0.3 is 10.1 Å². The molecule has 0 unspecified atom stereocenters. The zero-order valence-electron chi connectivity index (χ0n) is 14.3. The van der Waals surface area contributed by atoms with Gasteiger partial charge in [-0.3, -0.25) is 19.8 Å². The van der Waals surface area contributed by atoms with E-state index in [9.17, 15) is 14.9 Å². The monoisotopic (exact) mass is 343 g/mol. The van der Waals surface area contributed by atoms with Crippen molar-refractivity contribution in [1.29, 1.82) is 0 Å². The molecule has 0 radical (unpaired) electrons. The fourth-order valence-corrected chi connectivity index (χ4v) is 2.40. The maximum Gasteiger partial charge on any atom is 0.269 e. The second-order valence-corrected chi connectivity index (χ2v) is 5.48. The summed E-state index contributed by atoms with van der Waals surface area (Å²) in [6.07, 6.45) is 0. The van der Waals surface area contributed by atoms with Crippen LogP contribution in [0.5, 0.6) is 5.75 Å². The number of likely N-dealkylation sites (N-methyl/N-ethyl adjacent to an activating group) is 1. The molecule has 7 nitrogen and oxygen atoms in total. The summed E-state index contributed by atoms with van der Waals surface area (Å²) >= 11 is 0. The lowest BCUT2D eigenvalue weighted by Crippen LogP contribution is -2.32. The van der Waals surface area contributed by atoms with E-state index in [1.54, 1.807) is 31.4 Å². The smallest absolute Gasteiger partial charge is 0.269 e. The molecule has 0 aliphatic carbocycles. The van der Waals surface area contributed by atoms with Gasteiger partial charge in [-0.25, -0.2) is 0 Å². The number of nitro groups is 1. The minimum atomic E-state index is -0.429. The van der Waals surface area contributed by atoms with Gasteiger partial charge >= 0.3 is 0 Å². The Labute approximate surface area is 146 Å². The molecule has 1 N–H and O–H groups in total. The van der Waals surface area contributed by atoms with Gasteiger partial charge in [0, 0.05) is 18.7 Å². The van der Waals surface area contributed by atoms with Gasteiger partial charge in [-0.05, 0) is 24.2 Å². The molecule has 0 atom stereocenters. The number of amides is 1. The van der Waals surface area contributed by atoms with Crippen LogP contribution >= 0.6 is 0 Å². The molecule has 1 amide bonds. The summed E-state index contributed by atoms with van der Waals surface area (Å²) in [7, 11) is 1.55. The molecule has 132 valence electrons. The Bertz CT molecular complexity index is 731. The van der Waals surface area contributed by atoms with E-state index in [0.717, 1.165) is 5.56 Å². The average molecular weight is 343 g/mol. The SMILES string of the molecule is CCN(CC(=O)Nc1ccccc1OC)Cc1ccc([N+](=O)[O-])cc1. The first-order valence-electron chi connectivity index (χ1n) is 7.92. The molecular weight excluding hydrogens is 322 g/mol. The third-order valence-electron chi connectivity index (χ3n) is 3.75. The average Bonchev–Trinajstić information content (AvgIpc) is 2.62. The van der Waals surface area contributed by atoms with Crippen molar-refractivity contribution >= 4 is 17.3 Å². The van der Waals surface area contributed by atoms with Crippen molar-refractivity contribution in [2.24, 2.45) is 0 Å². The molecule has 2 aromatic rings. The molecule has 2 aromatic carbocycles. The Balaban J connectivity index is 1.96. The highest BCUT2D eigenvalue weighted by molar-refractivity contribution is 5.93. The van der Waals surface area contributed by atoms with E-state index in [2.05, 4.69) is 5.32 Å². The lowest BCUT2D eigenvalue weighted by Gasteiger charge is -2.20. The Morgan fingerprint density at radius 3 is 2.48 bits per heavy atom. The number of para-hydroxylation sites is 2. The second kappa shape index (κ2) is 8.79. The number of anilines is 1. The van der Waals surface area contributed by atoms with E-state index in [4.69, 9.17) is 4.74 Å². The van der Waals surface area contributed by atoms with Crippen LogP contribution < -0.4 is 10.1 Å². The van der Waals surface area contributed by atoms with E-state index in [0.29, 0.717) is 24.5 Å². The predicted octanol–water partition coefficient (Wildman–Crippen LogP) is 3.06. The van der Waals surface area contributed by atoms with Crippen molar-refractivity contribution in [2.75, 3.05) is 25.5 Å². The van der Waals surface area contributed by atoms with Crippen LogP contribution in [0.3, 0.4) is 0 Å². The zero-order chi connectivity index (χ0) is 18.2. The van der Waals surface area contributed by atoms with Gasteiger partial charge in [-0.2, -0.15) is 0 Å². The highest BCUT2D eigenvalue weighted by Gasteiger charge is 2.13. The van der Waals surface area contributed by atoms with Crippen molar-refractivity contribution in [3.05, 3.63) is 64.2 Å². The number of nitrogens with zero attached hydrogens (tertiary/aromatic N) is 2. The van der Waals surface area contributed by atoms with Gasteiger partial charge in [0.2, 0.25) is 5.91 Å². The van der Waals surface area contributed by atoms with E-state index in [-0.39, 0.29) is 18.1 Å². The number of nitro benzene ring substituents is 1. The summed E-state index contributed by atoms with van der Waals surface area (Å²) in [5, 5.41) is 13.5. The van der Waals surface area contributed by atoms with E-state index in [1.807, 2.05) is 24.0 Å². The van der Waals surface area contributed by atoms with Gasteiger partial charge in [0.15, 0.2) is 0 Å². The summed E-state index contributed by atoms with van der Waals surface area (Å²) in [4.78, 5) is 24.5. The summed E-state index contributed by atoms with van der Waals surface area (Å²) in [6, 6.07) is 13.6. The number of methoxy groups -OCH3 is 1. The molecule has 2 rings (SSSR count). The molecule has 0 saturated heterocycles. The number of carbonyl (C=O) groups excluding carboxylic acids is 1. The van der Waals surface area contributed by atoms with Crippen molar-refractivity contribution in [3.63, 3.8) is 0 Å². The topological polar surface area (TPSA) is 84.7 Å². The number of benzene rings is 2. The van der Waals surface area contributed by atoms with Crippen LogP contribution in [0.25, 0.3) is 0 Å². The molecule has 0 fully saturated rings. The molecule has 7 heteroatoms. The summed E-state index contributed by atoms with van der Waals surface area (Å²) in [6.45, 7) is 3.39. The predicted molar refractivity (Wildman–Crippen MR) is 95.7 cm³/mol. The highest BCUT2D eigenvalue weighted by Crippen LogP contribution is 2.23. The van der Waals surface area contributed by atoms with E-state index < -0.39 is 4.92 Å². The standard InChI is InChI=1S/C18H21N3O4/c1-3-20(12-14-8-10-15(11-9-14)21(23)24)13-18(22)19-16-6-4-5-7-17(16)25-2/h4-11H,3,12-13H2,1-2H3,(H,19,22). The van der Waals surface area contributed by atoms with Crippen LogP contribution in [0.15, 0.2) is 48.5 Å². The molecular formula is C18H21N3O4. The van der Waals surface area contributed by atoms with Crippen molar-refractivity contribution in [1.82, 2.24) is 4.90 Å². The first-order chi connectivity index (χ1) is 12.0. The number of hydrogen-bond acceptors (Lipinski definition) is 5. The van der Waals surface area contributed by atoms with Crippen molar-refractivity contribution in [3.8, 4) is 5.75 Å². The van der Waals surface area contributed by atoms with Crippen LogP contribution in [-0.4, -0.2) is 35.9 Å². The molecule has 0 aliphatic rings. The minimum absolute atomic E-state index is 0.0562. The Hall–Kier alpha value is -2.93. The zero-order valence-corrected chi connectivity index (χ0v) is 14.3. The number of hydrogen-bond donors (Lipinski definition) is 1. The Kier molecular flexibility index (Phi) is 6.47. The van der Waals surface area contributed by atoms with Gasteiger partial charge in [-0.1, -0.05) is 31.2 Å². The van der Waals surface area contributed by atoms with Crippen LogP contribution in [0.2, 0.25) is 0 Å². The summed E-state index contributed by atoms with van der Waals surface area (Å²) in [5.74, 6) is 0.461. The third kappa shape index (κ3) is 5.29. The van der Waals surface area contributed by atoms with Gasteiger partial charge in [0.1, 0.15) is 5.75 Å². The third-order valence-corrected chi connectivity index (χ3v) is 3.75. The van der Waals surface area contributed by atoms with Crippen LogP contribution in [-0.2, 0) is 11.3 Å². The first-order valence-corrected chi connectivity index (χ1v) is 7.92. The molecule has 0 aliphatic heterocycles. The maximum absolute atomic E-state index is 12.3. The highest BCUT2D eigenvalue weighted by atomic mass is 16.6. The lowest BCUT2D eigenvalue weighted by molar-refractivity contribution is -0.384. The summed E-state index contributed by atoms with van der Waals surface area (Å²) < 4.78 is 5.22. The lowest BCUT2D eigenvalue weighted by atomic mass is 10.2. The van der Waals surface area contributed by atoms with Crippen LogP contribution in [0, 0.1) is 10.1 Å². The Morgan fingerprint density at radius 2 is 1.88 bits per heavy atom. The molecule has 0 bridgehead atoms. The van der Waals surface area contributed by atoms with E-state index in [1.165, 1.54) is 12.1 Å². The minimum Gasteiger partial charge on any atom is -0.495 e. The quantitative estimate of drug-likeness (QED) is 0.588. The molecule has 0 saturated carbocycles. The molecule has 0 spiro atoms. The number of rotatable bonds is 8. The maximum atomic E-state index is 12.3. The van der Waals surface area contributed by atoms with Crippen LogP contribution in [0.1, 0.15) is 12.5 Å². The van der Waals surface area contributed by atoms with Crippen molar-refractivity contribution in [2.45, 2.75) is 13.5 Å². The van der Waals surface area contributed by atoms with E-state index >= 15 is 0 Å². The van der Waals surface area contributed by atoms with Gasteiger partial charge in [0.25, 0.3) is 5.69 Å².